The summed E-state index contributed by atoms with van der Waals surface area (Å²) in [5.74, 6) is 1.01. The van der Waals surface area contributed by atoms with E-state index in [0.29, 0.717) is 16.8 Å². The molecule has 0 bridgehead atoms. The van der Waals surface area contributed by atoms with Crippen LogP contribution in [0.4, 0.5) is 17.5 Å². The molecule has 1 atom stereocenters. The molecule has 0 saturated heterocycles. The van der Waals surface area contributed by atoms with Crippen molar-refractivity contribution in [1.29, 1.82) is 0 Å². The van der Waals surface area contributed by atoms with Gasteiger partial charge in [0.2, 0.25) is 11.6 Å². The van der Waals surface area contributed by atoms with Gasteiger partial charge in [0, 0.05) is 13.1 Å². The Kier molecular flexibility index (Phi) is 6.25. The molecule has 5 nitrogen and oxygen atoms in total. The maximum atomic E-state index is 6.34. The van der Waals surface area contributed by atoms with E-state index >= 15 is 0 Å². The first-order valence-electron chi connectivity index (χ1n) is 9.72. The van der Waals surface area contributed by atoms with Crippen LogP contribution < -0.4 is 15.9 Å². The van der Waals surface area contributed by atoms with Crippen LogP contribution in [0.3, 0.4) is 0 Å². The van der Waals surface area contributed by atoms with E-state index in [1.807, 2.05) is 30.4 Å². The normalized spacial score (nSPS) is 15.8. The third-order valence-electron chi connectivity index (χ3n) is 4.78. The molecule has 1 unspecified atom stereocenters. The lowest BCUT2D eigenvalue weighted by molar-refractivity contribution is 0.386. The number of hydrogen-bond acceptors (Lipinski definition) is 5. The molecular formula is C23H23ClN5P+2. The third kappa shape index (κ3) is 4.77. The zero-order valence-electron chi connectivity index (χ0n) is 16.8. The molecule has 4 rings (SSSR count). The zero-order chi connectivity index (χ0) is 20.9. The van der Waals surface area contributed by atoms with Gasteiger partial charge in [-0.3, -0.25) is 5.32 Å². The van der Waals surface area contributed by atoms with Crippen LogP contribution in [-0.4, -0.2) is 40.9 Å². The van der Waals surface area contributed by atoms with Crippen molar-refractivity contribution >= 4 is 48.2 Å². The van der Waals surface area contributed by atoms with Crippen LogP contribution in [0, 0.1) is 6.08 Å². The summed E-state index contributed by atoms with van der Waals surface area (Å²) in [7, 11) is -0.506. The molecule has 0 saturated carbocycles. The van der Waals surface area contributed by atoms with Crippen LogP contribution >= 0.6 is 19.1 Å². The highest BCUT2D eigenvalue weighted by Gasteiger charge is 2.18. The van der Waals surface area contributed by atoms with Gasteiger partial charge in [0.25, 0.3) is 0 Å². The van der Waals surface area contributed by atoms with Crippen LogP contribution in [0.5, 0.6) is 0 Å². The van der Waals surface area contributed by atoms with Gasteiger partial charge in [-0.15, -0.1) is 0 Å². The Labute approximate surface area is 183 Å². The number of nitrogens with one attached hydrogen (secondary N) is 2. The average Bonchev–Trinajstić information content (AvgIpc) is 2.77. The molecule has 1 aliphatic heterocycles. The maximum Gasteiger partial charge on any atom is 0.231 e. The molecule has 2 heterocycles. The highest BCUT2D eigenvalue weighted by atomic mass is 35.5. The Bertz CT molecular complexity index is 1090. The summed E-state index contributed by atoms with van der Waals surface area (Å²) in [5, 5.41) is 8.15. The van der Waals surface area contributed by atoms with Gasteiger partial charge in [-0.05, 0) is 18.6 Å². The van der Waals surface area contributed by atoms with E-state index < -0.39 is 7.55 Å². The van der Waals surface area contributed by atoms with Crippen LogP contribution in [0.1, 0.15) is 6.42 Å². The number of anilines is 3. The number of halogens is 1. The second kappa shape index (κ2) is 9.23. The molecule has 1 aliphatic carbocycles. The summed E-state index contributed by atoms with van der Waals surface area (Å²) >= 11 is 6.34. The second-order valence-electron chi connectivity index (χ2n) is 7.02. The molecule has 0 amide bonds. The monoisotopic (exact) mass is 435 g/mol. The van der Waals surface area contributed by atoms with Crippen molar-refractivity contribution in [3.8, 4) is 0 Å². The van der Waals surface area contributed by atoms with Gasteiger partial charge in [-0.2, -0.15) is 4.98 Å². The number of nitrogens with zero attached hydrogens (tertiary/aromatic N) is 3. The van der Waals surface area contributed by atoms with E-state index in [0.717, 1.165) is 41.9 Å². The lowest BCUT2D eigenvalue weighted by atomic mass is 10.1. The van der Waals surface area contributed by atoms with Gasteiger partial charge in [-0.25, -0.2) is 4.98 Å². The molecule has 30 heavy (non-hydrogen) atoms. The summed E-state index contributed by atoms with van der Waals surface area (Å²) in [5.41, 5.74) is 2.92. The summed E-state index contributed by atoms with van der Waals surface area (Å²) in [6.45, 7) is 4.08. The van der Waals surface area contributed by atoms with Crippen LogP contribution in [0.15, 0.2) is 72.2 Å². The fraction of sp³-hybridized carbons (Fsp3) is 0.174. The Balaban J connectivity index is 1.50. The first-order chi connectivity index (χ1) is 14.6. The van der Waals surface area contributed by atoms with E-state index in [4.69, 9.17) is 11.6 Å². The molecule has 7 heteroatoms. The van der Waals surface area contributed by atoms with Gasteiger partial charge in [0.15, 0.2) is 11.1 Å². The minimum Gasteiger partial charge on any atom is -0.335 e. The quantitative estimate of drug-likeness (QED) is 0.385. The van der Waals surface area contributed by atoms with Gasteiger partial charge < -0.3 is 10.2 Å². The van der Waals surface area contributed by atoms with Crippen molar-refractivity contribution in [3.63, 3.8) is 0 Å². The first kappa shape index (κ1) is 20.3. The van der Waals surface area contributed by atoms with Crippen LogP contribution in [0.25, 0.3) is 0 Å². The predicted octanol–water partition coefficient (Wildman–Crippen LogP) is 4.86. The summed E-state index contributed by atoms with van der Waals surface area (Å²) in [6, 6.07) is 8.07. The summed E-state index contributed by atoms with van der Waals surface area (Å²) in [6.07, 6.45) is 20.6. The molecule has 150 valence electrons. The average molecular weight is 436 g/mol. The van der Waals surface area contributed by atoms with Gasteiger partial charge >= 0.3 is 0 Å². The highest BCUT2D eigenvalue weighted by Crippen LogP contribution is 2.27. The zero-order valence-corrected chi connectivity index (χ0v) is 18.4. The minimum atomic E-state index is -0.506. The van der Waals surface area contributed by atoms with E-state index in [-0.39, 0.29) is 0 Å². The maximum absolute atomic E-state index is 6.34. The van der Waals surface area contributed by atoms with Crippen molar-refractivity contribution in [2.45, 2.75) is 6.42 Å². The van der Waals surface area contributed by atoms with Crippen molar-refractivity contribution < 1.29 is 0 Å². The van der Waals surface area contributed by atoms with Crippen molar-refractivity contribution in [2.75, 3.05) is 30.4 Å². The van der Waals surface area contributed by atoms with Crippen molar-refractivity contribution in [3.05, 3.63) is 83.3 Å². The van der Waals surface area contributed by atoms with Crippen LogP contribution in [-0.2, 0) is 0 Å². The number of para-hydroxylation sites is 1. The molecule has 0 radical (unpaired) electrons. The smallest absolute Gasteiger partial charge is 0.231 e. The predicted molar refractivity (Wildman–Crippen MR) is 129 cm³/mol. The Morgan fingerprint density at radius 1 is 1.20 bits per heavy atom. The van der Waals surface area contributed by atoms with E-state index in [2.05, 4.69) is 68.8 Å². The van der Waals surface area contributed by atoms with Gasteiger partial charge in [0.05, 0.1) is 36.4 Å². The third-order valence-corrected chi connectivity index (χ3v) is 6.27. The molecular weight excluding hydrogens is 413 g/mol. The van der Waals surface area contributed by atoms with Crippen molar-refractivity contribution in [1.82, 2.24) is 14.9 Å². The van der Waals surface area contributed by atoms with E-state index in [1.54, 1.807) is 6.20 Å². The summed E-state index contributed by atoms with van der Waals surface area (Å²) in [4.78, 5) is 11.2. The van der Waals surface area contributed by atoms with Gasteiger partial charge in [-0.1, -0.05) is 35.9 Å². The molecule has 2 N–H and O–H groups in total. The Morgan fingerprint density at radius 3 is 2.80 bits per heavy atom. The largest absolute Gasteiger partial charge is 0.335 e. The molecule has 0 spiro atoms. The van der Waals surface area contributed by atoms with E-state index in [9.17, 15) is 0 Å². The highest BCUT2D eigenvalue weighted by molar-refractivity contribution is 7.63. The second-order valence-corrected chi connectivity index (χ2v) is 9.31. The fourth-order valence-corrected chi connectivity index (χ4v) is 4.26. The molecule has 2 aromatic rings. The molecule has 1 aromatic carbocycles. The SMILES string of the molecule is C=[P+](C)c1ccccc1Nc1nc(NC2=[C+]C=C(N3CC=CCC3)C=C2)ncc1Cl. The van der Waals surface area contributed by atoms with E-state index in [1.165, 1.54) is 0 Å². The lowest BCUT2D eigenvalue weighted by Crippen LogP contribution is -2.26. The lowest BCUT2D eigenvalue weighted by Gasteiger charge is -2.22. The summed E-state index contributed by atoms with van der Waals surface area (Å²) < 4.78 is 0. The fourth-order valence-electron chi connectivity index (χ4n) is 3.24. The van der Waals surface area contributed by atoms with Crippen LogP contribution in [0.2, 0.25) is 5.02 Å². The Hall–Kier alpha value is -2.97. The number of benzene rings is 1. The number of hydrogen-bond donors (Lipinski definition) is 2. The van der Waals surface area contributed by atoms with Gasteiger partial charge in [0.1, 0.15) is 31.0 Å². The molecule has 1 aromatic heterocycles. The topological polar surface area (TPSA) is 53.1 Å². The number of aromatic nitrogens is 2. The minimum absolute atomic E-state index is 0.456. The molecule has 2 aliphatic rings. The Morgan fingerprint density at radius 2 is 2.07 bits per heavy atom. The number of rotatable bonds is 6. The number of allylic oxidation sites excluding steroid dienone is 4. The standard InChI is InChI=1S/C23H23ClN5P/c1-30(2)21-9-5-4-8-20(21)27-22-19(24)16-25-23(28-22)26-17-10-12-18(13-11-17)29-14-6-3-7-15-29/h3-6,8-10,12-13,16H,1,7,14-15H2,2H3,(H2,25,26,27,28)/q+2. The molecule has 0 fully saturated rings. The first-order valence-corrected chi connectivity index (χ1v) is 12.1. The van der Waals surface area contributed by atoms with Crippen molar-refractivity contribution in [2.24, 2.45) is 0 Å².